The zero-order chi connectivity index (χ0) is 28.2. The fourth-order valence-electron chi connectivity index (χ4n) is 5.36. The van der Waals surface area contributed by atoms with E-state index < -0.39 is 11.4 Å². The van der Waals surface area contributed by atoms with Crippen LogP contribution in [0.1, 0.15) is 42.0 Å². The maximum atomic E-state index is 13.4. The van der Waals surface area contributed by atoms with Crippen LogP contribution >= 0.6 is 12.4 Å². The number of nitrogen functional groups attached to an aromatic ring is 1. The molecule has 0 unspecified atom stereocenters. The van der Waals surface area contributed by atoms with Crippen molar-refractivity contribution in [2.45, 2.75) is 46.1 Å². The molecule has 1 amide bonds. The number of carbonyl (C=O) groups is 2. The summed E-state index contributed by atoms with van der Waals surface area (Å²) in [6.45, 7) is 6.58. The molecule has 0 bridgehead atoms. The Hall–Kier alpha value is -3.84. The number of nitrogens with one attached hydrogen (secondary N) is 1. The molecular weight excluding hydrogens is 526 g/mol. The molecule has 0 radical (unpaired) electrons. The summed E-state index contributed by atoms with van der Waals surface area (Å²) in [6.07, 6.45) is 1.99. The normalized spacial score (nSPS) is 18.2. The van der Waals surface area contributed by atoms with Crippen LogP contribution in [0.5, 0.6) is 5.75 Å². The first-order valence-corrected chi connectivity index (χ1v) is 13.3. The SMILES string of the molecule is COC(=O)[C@@]1(C)C[C@@H](COc2ccc(-c3ccc(C(=N)N)cc3)c(C)c2C)N(CCCc2ccccc2)C1=O.Cl. The smallest absolute Gasteiger partial charge is 0.321 e. The van der Waals surface area contributed by atoms with Crippen LogP contribution in [-0.2, 0) is 20.7 Å². The first kappa shape index (κ1) is 30.7. The van der Waals surface area contributed by atoms with Crippen molar-refractivity contribution in [3.05, 3.63) is 89.0 Å². The third kappa shape index (κ3) is 6.31. The molecule has 212 valence electrons. The molecule has 1 fully saturated rings. The molecule has 0 spiro atoms. The Morgan fingerprint density at radius 3 is 2.35 bits per heavy atom. The summed E-state index contributed by atoms with van der Waals surface area (Å²) in [4.78, 5) is 27.8. The second-order valence-corrected chi connectivity index (χ2v) is 10.4. The number of halogens is 1. The lowest BCUT2D eigenvalue weighted by Gasteiger charge is -2.26. The van der Waals surface area contributed by atoms with E-state index in [1.165, 1.54) is 12.7 Å². The quantitative estimate of drug-likeness (QED) is 0.147. The van der Waals surface area contributed by atoms with Gasteiger partial charge in [0.1, 0.15) is 23.6 Å². The number of rotatable bonds is 10. The second kappa shape index (κ2) is 13.0. The van der Waals surface area contributed by atoms with Crippen molar-refractivity contribution < 1.29 is 19.1 Å². The molecule has 7 nitrogen and oxygen atoms in total. The monoisotopic (exact) mass is 563 g/mol. The molecule has 1 heterocycles. The number of carbonyl (C=O) groups excluding carboxylic acids is 2. The highest BCUT2D eigenvalue weighted by Crippen LogP contribution is 2.38. The molecule has 0 aromatic heterocycles. The largest absolute Gasteiger partial charge is 0.491 e. The van der Waals surface area contributed by atoms with Crippen molar-refractivity contribution in [1.82, 2.24) is 4.90 Å². The van der Waals surface area contributed by atoms with Crippen molar-refractivity contribution in [2.24, 2.45) is 11.1 Å². The number of likely N-dealkylation sites (tertiary alicyclic amines) is 1. The molecule has 1 aliphatic rings. The minimum atomic E-state index is -1.21. The summed E-state index contributed by atoms with van der Waals surface area (Å²) in [5.41, 5.74) is 10.5. The van der Waals surface area contributed by atoms with Gasteiger partial charge in [-0.25, -0.2) is 0 Å². The molecule has 3 aromatic rings. The Balaban J connectivity index is 0.00000441. The van der Waals surface area contributed by atoms with Gasteiger partial charge in [0.2, 0.25) is 5.91 Å². The van der Waals surface area contributed by atoms with E-state index in [0.29, 0.717) is 18.5 Å². The van der Waals surface area contributed by atoms with Crippen LogP contribution in [-0.4, -0.2) is 48.9 Å². The van der Waals surface area contributed by atoms with Gasteiger partial charge in [-0.1, -0.05) is 60.7 Å². The molecule has 2 atom stereocenters. The maximum Gasteiger partial charge on any atom is 0.321 e. The lowest BCUT2D eigenvalue weighted by atomic mass is 9.87. The lowest BCUT2D eigenvalue weighted by Crippen LogP contribution is -2.41. The molecule has 0 saturated carbocycles. The van der Waals surface area contributed by atoms with Crippen LogP contribution in [0.4, 0.5) is 0 Å². The number of esters is 1. The first-order valence-electron chi connectivity index (χ1n) is 13.3. The van der Waals surface area contributed by atoms with E-state index in [9.17, 15) is 9.59 Å². The number of amidine groups is 1. The third-order valence-electron chi connectivity index (χ3n) is 7.84. The molecule has 4 rings (SSSR count). The third-order valence-corrected chi connectivity index (χ3v) is 7.84. The van der Waals surface area contributed by atoms with Gasteiger partial charge < -0.3 is 20.1 Å². The first-order chi connectivity index (χ1) is 18.7. The number of hydrogen-bond acceptors (Lipinski definition) is 5. The van der Waals surface area contributed by atoms with E-state index in [4.69, 9.17) is 20.6 Å². The predicted octanol–water partition coefficient (Wildman–Crippen LogP) is 5.47. The standard InChI is InChI=1S/C32H37N3O4.ClH/c1-21-22(2)28(17-16-27(21)24-12-14-25(15-13-24)29(33)34)39-20-26-19-32(3,31(37)38-4)30(36)35(26)18-8-11-23-9-6-5-7-10-23;/h5-7,9-10,12-17,26H,8,11,18-20H2,1-4H3,(H3,33,34);1H/t26-,32-;/m0./s1. The topological polar surface area (TPSA) is 106 Å². The Morgan fingerprint density at radius 1 is 1.05 bits per heavy atom. The zero-order valence-corrected chi connectivity index (χ0v) is 24.3. The summed E-state index contributed by atoms with van der Waals surface area (Å²) in [6, 6.07) is 21.5. The molecular formula is C32H38ClN3O4. The highest BCUT2D eigenvalue weighted by Gasteiger charge is 2.54. The van der Waals surface area contributed by atoms with Gasteiger partial charge >= 0.3 is 5.97 Å². The Labute approximate surface area is 242 Å². The minimum Gasteiger partial charge on any atom is -0.491 e. The Bertz CT molecular complexity index is 1360. The van der Waals surface area contributed by atoms with Crippen LogP contribution in [0.15, 0.2) is 66.7 Å². The van der Waals surface area contributed by atoms with Crippen LogP contribution in [0.2, 0.25) is 0 Å². The minimum absolute atomic E-state index is 0. The van der Waals surface area contributed by atoms with Crippen molar-refractivity contribution >= 4 is 30.1 Å². The predicted molar refractivity (Wildman–Crippen MR) is 160 cm³/mol. The van der Waals surface area contributed by atoms with Gasteiger partial charge in [-0.3, -0.25) is 15.0 Å². The van der Waals surface area contributed by atoms with Crippen molar-refractivity contribution in [1.29, 1.82) is 5.41 Å². The summed E-state index contributed by atoms with van der Waals surface area (Å²) < 4.78 is 11.3. The van der Waals surface area contributed by atoms with Crippen LogP contribution in [0.25, 0.3) is 11.1 Å². The molecule has 8 heteroatoms. The van der Waals surface area contributed by atoms with Crippen LogP contribution in [0, 0.1) is 24.7 Å². The highest BCUT2D eigenvalue weighted by molar-refractivity contribution is 6.04. The van der Waals surface area contributed by atoms with Gasteiger partial charge in [-0.05, 0) is 73.9 Å². The number of methoxy groups -OCH3 is 1. The fourth-order valence-corrected chi connectivity index (χ4v) is 5.36. The van der Waals surface area contributed by atoms with Crippen LogP contribution in [0.3, 0.4) is 0 Å². The Kier molecular flexibility index (Phi) is 9.98. The van der Waals surface area contributed by atoms with Gasteiger partial charge in [0, 0.05) is 12.1 Å². The summed E-state index contributed by atoms with van der Waals surface area (Å²) in [5.74, 6) is 0.0875. The average molecular weight is 564 g/mol. The molecule has 40 heavy (non-hydrogen) atoms. The fraction of sp³-hybridized carbons (Fsp3) is 0.344. The number of nitrogens with two attached hydrogens (primary N) is 1. The lowest BCUT2D eigenvalue weighted by molar-refractivity contribution is -0.157. The van der Waals surface area contributed by atoms with E-state index in [1.807, 2.05) is 61.5 Å². The molecule has 1 aliphatic heterocycles. The summed E-state index contributed by atoms with van der Waals surface area (Å²) >= 11 is 0. The van der Waals surface area contributed by atoms with E-state index in [1.54, 1.807) is 11.8 Å². The van der Waals surface area contributed by atoms with Crippen molar-refractivity contribution in [3.8, 4) is 16.9 Å². The molecule has 1 saturated heterocycles. The summed E-state index contributed by atoms with van der Waals surface area (Å²) in [7, 11) is 1.33. The van der Waals surface area contributed by atoms with E-state index in [-0.39, 0.29) is 36.8 Å². The number of aryl methyl sites for hydroxylation is 1. The molecule has 0 aliphatic carbocycles. The maximum absolute atomic E-state index is 13.4. The van der Waals surface area contributed by atoms with Gasteiger partial charge in [0.05, 0.1) is 13.2 Å². The molecule has 3 N–H and O–H groups in total. The van der Waals surface area contributed by atoms with Gasteiger partial charge in [-0.15, -0.1) is 12.4 Å². The summed E-state index contributed by atoms with van der Waals surface area (Å²) in [5, 5.41) is 7.61. The number of ether oxygens (including phenoxy) is 2. The number of benzene rings is 3. The van der Waals surface area contributed by atoms with Crippen LogP contribution < -0.4 is 10.5 Å². The average Bonchev–Trinajstić information content (AvgIpc) is 3.19. The second-order valence-electron chi connectivity index (χ2n) is 10.4. The van der Waals surface area contributed by atoms with Crippen molar-refractivity contribution in [3.63, 3.8) is 0 Å². The van der Waals surface area contributed by atoms with Gasteiger partial charge in [0.15, 0.2) is 0 Å². The van der Waals surface area contributed by atoms with E-state index in [0.717, 1.165) is 40.8 Å². The highest BCUT2D eigenvalue weighted by atomic mass is 35.5. The number of hydrogen-bond donors (Lipinski definition) is 2. The van der Waals surface area contributed by atoms with Gasteiger partial charge in [0.25, 0.3) is 0 Å². The van der Waals surface area contributed by atoms with Gasteiger partial charge in [-0.2, -0.15) is 0 Å². The molecule has 3 aromatic carbocycles. The zero-order valence-electron chi connectivity index (χ0n) is 23.5. The number of amides is 1. The van der Waals surface area contributed by atoms with E-state index in [2.05, 4.69) is 19.1 Å². The van der Waals surface area contributed by atoms with Crippen molar-refractivity contribution in [2.75, 3.05) is 20.3 Å². The number of nitrogens with zero attached hydrogens (tertiary/aromatic N) is 1. The van der Waals surface area contributed by atoms with E-state index >= 15 is 0 Å². The Morgan fingerprint density at radius 2 is 1.73 bits per heavy atom.